The number of amides is 1. The van der Waals surface area contributed by atoms with Gasteiger partial charge >= 0.3 is 0 Å². The second-order valence-corrected chi connectivity index (χ2v) is 5.22. The van der Waals surface area contributed by atoms with E-state index in [1.807, 2.05) is 0 Å². The first-order valence-corrected chi connectivity index (χ1v) is 6.73. The fourth-order valence-electron chi connectivity index (χ4n) is 2.28. The average Bonchev–Trinajstić information content (AvgIpc) is 2.87. The molecule has 0 saturated heterocycles. The lowest BCUT2D eigenvalue weighted by Gasteiger charge is -2.22. The number of hydrogen-bond acceptors (Lipinski definition) is 3. The highest BCUT2D eigenvalue weighted by molar-refractivity contribution is 6.32. The summed E-state index contributed by atoms with van der Waals surface area (Å²) >= 11 is 5.79. The number of carbonyl (C=O) groups excluding carboxylic acids is 1. The van der Waals surface area contributed by atoms with Crippen LogP contribution < -0.4 is 10.1 Å². The van der Waals surface area contributed by atoms with Gasteiger partial charge in [0.15, 0.2) is 6.61 Å². The minimum absolute atomic E-state index is 0.105. The van der Waals surface area contributed by atoms with Gasteiger partial charge in [-0.3, -0.25) is 4.79 Å². The van der Waals surface area contributed by atoms with Crippen LogP contribution in [0.1, 0.15) is 25.7 Å². The molecule has 1 fully saturated rings. The molecule has 0 spiro atoms. The first kappa shape index (κ1) is 14.6. The second-order valence-electron chi connectivity index (χ2n) is 4.81. The Labute approximate surface area is 121 Å². The lowest BCUT2D eigenvalue weighted by molar-refractivity contribution is -0.124. The van der Waals surface area contributed by atoms with Crippen molar-refractivity contribution in [3.63, 3.8) is 0 Å². The van der Waals surface area contributed by atoms with Crippen molar-refractivity contribution in [1.82, 2.24) is 5.32 Å². The summed E-state index contributed by atoms with van der Waals surface area (Å²) in [5.41, 5.74) is -0.771. The Kier molecular flexibility index (Phi) is 4.46. The number of hydrogen-bond donors (Lipinski definition) is 1. The zero-order valence-electron chi connectivity index (χ0n) is 10.8. The van der Waals surface area contributed by atoms with Crippen LogP contribution in [-0.2, 0) is 4.79 Å². The molecule has 106 valence electrons. The first-order valence-electron chi connectivity index (χ1n) is 6.35. The number of ether oxygens (including phenoxy) is 1. The Bertz CT molecular complexity index is 551. The van der Waals surface area contributed by atoms with Gasteiger partial charge in [0.25, 0.3) is 5.91 Å². The molecule has 6 heteroatoms. The number of rotatable bonds is 4. The van der Waals surface area contributed by atoms with Crippen molar-refractivity contribution in [3.05, 3.63) is 29.0 Å². The summed E-state index contributed by atoms with van der Waals surface area (Å²) in [7, 11) is 0. The van der Waals surface area contributed by atoms with Crippen LogP contribution in [0.25, 0.3) is 0 Å². The quantitative estimate of drug-likeness (QED) is 0.929. The van der Waals surface area contributed by atoms with E-state index in [1.54, 1.807) is 0 Å². The Morgan fingerprint density at radius 3 is 2.80 bits per heavy atom. The van der Waals surface area contributed by atoms with Crippen LogP contribution in [0.5, 0.6) is 5.75 Å². The Morgan fingerprint density at radius 1 is 1.50 bits per heavy atom. The van der Waals surface area contributed by atoms with E-state index in [1.165, 1.54) is 12.1 Å². The normalized spacial score (nSPS) is 16.4. The molecule has 1 amide bonds. The SMILES string of the molecule is N#CC1(NC(=O)COc2ccc(F)cc2Cl)CCCC1. The molecule has 20 heavy (non-hydrogen) atoms. The summed E-state index contributed by atoms with van der Waals surface area (Å²) < 4.78 is 18.1. The molecule has 4 nitrogen and oxygen atoms in total. The van der Waals surface area contributed by atoms with E-state index in [-0.39, 0.29) is 23.3 Å². The largest absolute Gasteiger partial charge is 0.482 e. The monoisotopic (exact) mass is 296 g/mol. The molecule has 1 aromatic rings. The van der Waals surface area contributed by atoms with Gasteiger partial charge in [0.1, 0.15) is 17.1 Å². The highest BCUT2D eigenvalue weighted by Gasteiger charge is 2.35. The summed E-state index contributed by atoms with van der Waals surface area (Å²) in [6, 6.07) is 5.84. The number of carbonyl (C=O) groups is 1. The van der Waals surface area contributed by atoms with Crippen LogP contribution in [0.4, 0.5) is 4.39 Å². The average molecular weight is 297 g/mol. The summed E-state index contributed by atoms with van der Waals surface area (Å²) in [6.45, 7) is -0.255. The molecular formula is C14H14ClFN2O2. The van der Waals surface area contributed by atoms with Gasteiger partial charge in [-0.15, -0.1) is 0 Å². The molecule has 1 N–H and O–H groups in total. The van der Waals surface area contributed by atoms with Gasteiger partial charge in [-0.1, -0.05) is 11.6 Å². The van der Waals surface area contributed by atoms with E-state index in [9.17, 15) is 9.18 Å². The van der Waals surface area contributed by atoms with Crippen LogP contribution in [-0.4, -0.2) is 18.1 Å². The van der Waals surface area contributed by atoms with Crippen molar-refractivity contribution >= 4 is 17.5 Å². The lowest BCUT2D eigenvalue weighted by Crippen LogP contribution is -2.47. The molecular weight excluding hydrogens is 283 g/mol. The van der Waals surface area contributed by atoms with E-state index in [0.717, 1.165) is 18.9 Å². The molecule has 1 aromatic carbocycles. The maximum Gasteiger partial charge on any atom is 0.259 e. The van der Waals surface area contributed by atoms with Gasteiger partial charge in [-0.25, -0.2) is 4.39 Å². The van der Waals surface area contributed by atoms with Gasteiger partial charge in [0.2, 0.25) is 0 Å². The molecule has 0 unspecified atom stereocenters. The van der Waals surface area contributed by atoms with Crippen molar-refractivity contribution in [2.24, 2.45) is 0 Å². The van der Waals surface area contributed by atoms with E-state index in [0.29, 0.717) is 12.8 Å². The third kappa shape index (κ3) is 3.40. The second kappa shape index (κ2) is 6.10. The molecule has 2 rings (SSSR count). The topological polar surface area (TPSA) is 62.1 Å². The molecule has 0 bridgehead atoms. The van der Waals surface area contributed by atoms with Crippen molar-refractivity contribution < 1.29 is 13.9 Å². The maximum atomic E-state index is 12.9. The predicted molar refractivity (Wildman–Crippen MR) is 71.9 cm³/mol. The minimum Gasteiger partial charge on any atom is -0.482 e. The number of nitriles is 1. The smallest absolute Gasteiger partial charge is 0.259 e. The van der Waals surface area contributed by atoms with Crippen LogP contribution in [0, 0.1) is 17.1 Å². The molecule has 1 saturated carbocycles. The van der Waals surface area contributed by atoms with Crippen LogP contribution in [0.3, 0.4) is 0 Å². The Balaban J connectivity index is 1.91. The molecule has 1 aliphatic carbocycles. The Morgan fingerprint density at radius 2 is 2.20 bits per heavy atom. The van der Waals surface area contributed by atoms with Gasteiger partial charge in [0, 0.05) is 0 Å². The highest BCUT2D eigenvalue weighted by atomic mass is 35.5. The maximum absolute atomic E-state index is 12.9. The summed E-state index contributed by atoms with van der Waals surface area (Å²) in [5, 5.41) is 12.0. The van der Waals surface area contributed by atoms with Crippen molar-refractivity contribution in [2.75, 3.05) is 6.61 Å². The first-order chi connectivity index (χ1) is 9.54. The fourth-order valence-corrected chi connectivity index (χ4v) is 2.50. The van der Waals surface area contributed by atoms with Crippen molar-refractivity contribution in [1.29, 1.82) is 5.26 Å². The minimum atomic E-state index is -0.771. The summed E-state index contributed by atoms with van der Waals surface area (Å²) in [5.74, 6) is -0.615. The van der Waals surface area contributed by atoms with E-state index in [2.05, 4.69) is 11.4 Å². The standard InChI is InChI=1S/C14H14ClFN2O2/c15-11-7-10(16)3-4-12(11)20-8-13(19)18-14(9-17)5-1-2-6-14/h3-4,7H,1-2,5-6,8H2,(H,18,19). The number of nitrogens with one attached hydrogen (secondary N) is 1. The molecule has 1 aliphatic rings. The Hall–Kier alpha value is -1.80. The van der Waals surface area contributed by atoms with Gasteiger partial charge in [-0.05, 0) is 43.9 Å². The van der Waals surface area contributed by atoms with Crippen molar-refractivity contribution in [2.45, 2.75) is 31.2 Å². The summed E-state index contributed by atoms with van der Waals surface area (Å²) in [4.78, 5) is 11.8. The summed E-state index contributed by atoms with van der Waals surface area (Å²) in [6.07, 6.45) is 3.18. The van der Waals surface area contributed by atoms with Crippen LogP contribution >= 0.6 is 11.6 Å². The zero-order valence-corrected chi connectivity index (χ0v) is 11.5. The molecule has 0 radical (unpaired) electrons. The number of benzene rings is 1. The van der Waals surface area contributed by atoms with Crippen LogP contribution in [0.15, 0.2) is 18.2 Å². The van der Waals surface area contributed by atoms with E-state index < -0.39 is 11.4 Å². The fraction of sp³-hybridized carbons (Fsp3) is 0.429. The van der Waals surface area contributed by atoms with Crippen LogP contribution in [0.2, 0.25) is 5.02 Å². The van der Waals surface area contributed by atoms with E-state index in [4.69, 9.17) is 21.6 Å². The lowest BCUT2D eigenvalue weighted by atomic mass is 10.00. The zero-order chi connectivity index (χ0) is 14.6. The molecule has 0 atom stereocenters. The molecule has 0 aromatic heterocycles. The third-order valence-corrected chi connectivity index (χ3v) is 3.60. The molecule has 0 aliphatic heterocycles. The number of nitrogens with zero attached hydrogens (tertiary/aromatic N) is 1. The van der Waals surface area contributed by atoms with E-state index >= 15 is 0 Å². The highest BCUT2D eigenvalue weighted by Crippen LogP contribution is 2.29. The molecule has 0 heterocycles. The van der Waals surface area contributed by atoms with Gasteiger partial charge in [-0.2, -0.15) is 5.26 Å². The van der Waals surface area contributed by atoms with Gasteiger partial charge < -0.3 is 10.1 Å². The third-order valence-electron chi connectivity index (χ3n) is 3.30. The predicted octanol–water partition coefficient (Wildman–Crippen LogP) is 2.81. The van der Waals surface area contributed by atoms with Crippen molar-refractivity contribution in [3.8, 4) is 11.8 Å². The number of halogens is 2. The van der Waals surface area contributed by atoms with Gasteiger partial charge in [0.05, 0.1) is 11.1 Å².